The zero-order chi connectivity index (χ0) is 22.2. The van der Waals surface area contributed by atoms with Gasteiger partial charge in [0.25, 0.3) is 5.91 Å². The van der Waals surface area contributed by atoms with Crippen molar-refractivity contribution < 1.29 is 9.59 Å². The zero-order valence-corrected chi connectivity index (χ0v) is 19.2. The van der Waals surface area contributed by atoms with Crippen LogP contribution < -0.4 is 4.90 Å². The third-order valence-corrected chi connectivity index (χ3v) is 6.09. The molecule has 31 heavy (non-hydrogen) atoms. The number of aryl methyl sites for hydroxylation is 1. The molecule has 2 aromatic carbocycles. The van der Waals surface area contributed by atoms with Crippen molar-refractivity contribution in [3.05, 3.63) is 101 Å². The number of rotatable bonds is 7. The van der Waals surface area contributed by atoms with Gasteiger partial charge in [-0.2, -0.15) is 0 Å². The lowest BCUT2D eigenvalue weighted by Gasteiger charge is -2.16. The second kappa shape index (κ2) is 10.9. The van der Waals surface area contributed by atoms with Gasteiger partial charge in [-0.05, 0) is 43.2 Å². The van der Waals surface area contributed by atoms with E-state index in [1.807, 2.05) is 61.5 Å². The average molecular weight is 449 g/mol. The van der Waals surface area contributed by atoms with Gasteiger partial charge in [0.2, 0.25) is 5.91 Å². The van der Waals surface area contributed by atoms with Crippen LogP contribution in [0.25, 0.3) is 0 Å². The maximum atomic E-state index is 12.7. The molecule has 0 N–H and O–H groups in total. The van der Waals surface area contributed by atoms with Gasteiger partial charge in [0.1, 0.15) is 4.32 Å². The number of thiocarbonyl (C=S) groups is 1. The Balaban J connectivity index is 1.60. The molecule has 6 heteroatoms. The Morgan fingerprint density at radius 2 is 1.77 bits per heavy atom. The van der Waals surface area contributed by atoms with Gasteiger partial charge in [-0.15, -0.1) is 0 Å². The fraction of sp³-hybridized carbons (Fsp3) is 0.160. The number of nitrogens with zero attached hydrogens (tertiary/aromatic N) is 2. The molecule has 0 radical (unpaired) electrons. The van der Waals surface area contributed by atoms with E-state index >= 15 is 0 Å². The first-order valence-corrected chi connectivity index (χ1v) is 11.2. The molecule has 0 aliphatic carbocycles. The van der Waals surface area contributed by atoms with Crippen LogP contribution in [0.2, 0.25) is 0 Å². The van der Waals surface area contributed by atoms with Crippen LogP contribution >= 0.6 is 24.0 Å². The molecule has 2 amide bonds. The summed E-state index contributed by atoms with van der Waals surface area (Å²) in [4.78, 5) is 28.4. The molecular weight excluding hydrogens is 424 g/mol. The summed E-state index contributed by atoms with van der Waals surface area (Å²) in [5.41, 5.74) is 3.12. The lowest BCUT2D eigenvalue weighted by molar-refractivity contribution is -0.122. The molecule has 0 aromatic heterocycles. The number of carbonyl (C=O) groups excluding carboxylic acids is 2. The molecule has 158 valence electrons. The minimum absolute atomic E-state index is 0.0652. The number of benzene rings is 2. The standard InChI is InChI=1S/C25H24N2O2S2/c1-19-12-14-22(15-13-19)26(20(2)28)17-8-4-7-11-23-24(29)27(25(30)31-23)18-16-21-9-5-3-6-10-21/h3-15,17H,16,18H2,1-2H3/b7-4+,17-8+,23-11+. The summed E-state index contributed by atoms with van der Waals surface area (Å²) >= 11 is 6.70. The summed E-state index contributed by atoms with van der Waals surface area (Å²) in [5.74, 6) is -0.141. The molecule has 1 fully saturated rings. The lowest BCUT2D eigenvalue weighted by Crippen LogP contribution is -2.30. The third kappa shape index (κ3) is 6.26. The van der Waals surface area contributed by atoms with Gasteiger partial charge in [-0.3, -0.25) is 19.4 Å². The Morgan fingerprint density at radius 3 is 2.45 bits per heavy atom. The van der Waals surface area contributed by atoms with E-state index in [0.29, 0.717) is 15.8 Å². The molecule has 1 aliphatic heterocycles. The largest absolute Gasteiger partial charge is 0.293 e. The van der Waals surface area contributed by atoms with E-state index in [1.54, 1.807) is 40.3 Å². The highest BCUT2D eigenvalue weighted by Crippen LogP contribution is 2.31. The predicted molar refractivity (Wildman–Crippen MR) is 133 cm³/mol. The van der Waals surface area contributed by atoms with Crippen LogP contribution in [0, 0.1) is 6.92 Å². The Hall–Kier alpha value is -2.96. The van der Waals surface area contributed by atoms with E-state index in [9.17, 15) is 9.59 Å². The Kier molecular flexibility index (Phi) is 7.98. The van der Waals surface area contributed by atoms with Crippen LogP contribution in [0.4, 0.5) is 5.69 Å². The molecule has 3 rings (SSSR count). The van der Waals surface area contributed by atoms with E-state index in [1.165, 1.54) is 24.2 Å². The first kappa shape index (κ1) is 22.7. The second-order valence-corrected chi connectivity index (χ2v) is 8.72. The number of carbonyl (C=O) groups is 2. The Bertz CT molecular complexity index is 1040. The summed E-state index contributed by atoms with van der Waals surface area (Å²) in [6.07, 6.45) is 9.58. The summed E-state index contributed by atoms with van der Waals surface area (Å²) in [5, 5.41) is 0. The van der Waals surface area contributed by atoms with Crippen LogP contribution in [-0.2, 0) is 16.0 Å². The van der Waals surface area contributed by atoms with E-state index in [-0.39, 0.29) is 11.8 Å². The van der Waals surface area contributed by atoms with Crippen LogP contribution in [0.5, 0.6) is 0 Å². The van der Waals surface area contributed by atoms with Crippen molar-refractivity contribution in [2.45, 2.75) is 20.3 Å². The highest BCUT2D eigenvalue weighted by atomic mass is 32.2. The number of allylic oxidation sites excluding steroid dienone is 4. The summed E-state index contributed by atoms with van der Waals surface area (Å²) in [7, 11) is 0. The molecular formula is C25H24N2O2S2. The monoisotopic (exact) mass is 448 g/mol. The van der Waals surface area contributed by atoms with Crippen LogP contribution in [-0.4, -0.2) is 27.6 Å². The van der Waals surface area contributed by atoms with Crippen molar-refractivity contribution in [2.75, 3.05) is 11.4 Å². The van der Waals surface area contributed by atoms with Crippen molar-refractivity contribution in [2.24, 2.45) is 0 Å². The van der Waals surface area contributed by atoms with Gasteiger partial charge in [0, 0.05) is 25.4 Å². The molecule has 0 atom stereocenters. The van der Waals surface area contributed by atoms with Gasteiger partial charge >= 0.3 is 0 Å². The van der Waals surface area contributed by atoms with Gasteiger partial charge in [0.05, 0.1) is 4.91 Å². The smallest absolute Gasteiger partial charge is 0.266 e. The van der Waals surface area contributed by atoms with Crippen molar-refractivity contribution in [3.8, 4) is 0 Å². The number of anilines is 1. The van der Waals surface area contributed by atoms with E-state index < -0.39 is 0 Å². The molecule has 4 nitrogen and oxygen atoms in total. The van der Waals surface area contributed by atoms with Crippen LogP contribution in [0.3, 0.4) is 0 Å². The zero-order valence-electron chi connectivity index (χ0n) is 17.5. The summed E-state index contributed by atoms with van der Waals surface area (Å²) < 4.78 is 0.582. The quantitative estimate of drug-likeness (QED) is 0.323. The Labute approximate surface area is 192 Å². The number of hydrogen-bond donors (Lipinski definition) is 0. The van der Waals surface area contributed by atoms with E-state index in [2.05, 4.69) is 0 Å². The fourth-order valence-corrected chi connectivity index (χ4v) is 4.27. The van der Waals surface area contributed by atoms with Gasteiger partial charge in [-0.1, -0.05) is 84.2 Å². The van der Waals surface area contributed by atoms with Crippen LogP contribution in [0.15, 0.2) is 90.0 Å². The first-order chi connectivity index (χ1) is 15.0. The average Bonchev–Trinajstić information content (AvgIpc) is 3.03. The van der Waals surface area contributed by atoms with E-state index in [4.69, 9.17) is 12.2 Å². The SMILES string of the molecule is CC(=O)N(/C=C/C=C/C=C1/SC(=S)N(CCc2ccccc2)C1=O)c1ccc(C)cc1. The minimum Gasteiger partial charge on any atom is -0.293 e. The molecule has 1 aliphatic rings. The highest BCUT2D eigenvalue weighted by Gasteiger charge is 2.31. The fourth-order valence-electron chi connectivity index (χ4n) is 3.01. The van der Waals surface area contributed by atoms with Gasteiger partial charge < -0.3 is 0 Å². The number of hydrogen-bond acceptors (Lipinski definition) is 4. The molecule has 2 aromatic rings. The molecule has 0 unspecified atom stereocenters. The Morgan fingerprint density at radius 1 is 1.06 bits per heavy atom. The van der Waals surface area contributed by atoms with E-state index in [0.717, 1.165) is 17.7 Å². The normalized spacial score (nSPS) is 15.5. The van der Waals surface area contributed by atoms with Crippen molar-refractivity contribution in [3.63, 3.8) is 0 Å². The maximum Gasteiger partial charge on any atom is 0.266 e. The van der Waals surface area contributed by atoms with Gasteiger partial charge in [0.15, 0.2) is 0 Å². The lowest BCUT2D eigenvalue weighted by atomic mass is 10.1. The second-order valence-electron chi connectivity index (χ2n) is 7.04. The maximum absolute atomic E-state index is 12.7. The minimum atomic E-state index is -0.0761. The first-order valence-electron chi connectivity index (χ1n) is 9.95. The van der Waals surface area contributed by atoms with Crippen LogP contribution in [0.1, 0.15) is 18.1 Å². The predicted octanol–water partition coefficient (Wildman–Crippen LogP) is 5.40. The third-order valence-electron chi connectivity index (χ3n) is 4.70. The number of thioether (sulfide) groups is 1. The highest BCUT2D eigenvalue weighted by molar-refractivity contribution is 8.26. The van der Waals surface area contributed by atoms with Crippen molar-refractivity contribution >= 4 is 45.8 Å². The van der Waals surface area contributed by atoms with Crippen molar-refractivity contribution in [1.82, 2.24) is 4.90 Å². The molecule has 1 heterocycles. The molecule has 0 bridgehead atoms. The molecule has 0 spiro atoms. The molecule has 1 saturated heterocycles. The number of amides is 2. The molecule has 0 saturated carbocycles. The van der Waals surface area contributed by atoms with Gasteiger partial charge in [-0.25, -0.2) is 0 Å². The van der Waals surface area contributed by atoms with Crippen molar-refractivity contribution in [1.29, 1.82) is 0 Å². The topological polar surface area (TPSA) is 40.6 Å². The summed E-state index contributed by atoms with van der Waals surface area (Å²) in [6, 6.07) is 17.8. The summed E-state index contributed by atoms with van der Waals surface area (Å²) in [6.45, 7) is 4.10.